The SMILES string of the molecule is I.NC(=NCc1ccc(Oc2ccc(F)cc2)nc1)N1CCN(c2nccs2)CC1. The Morgan fingerprint density at radius 3 is 2.50 bits per heavy atom. The second-order valence-corrected chi connectivity index (χ2v) is 7.40. The number of aromatic nitrogens is 2. The predicted octanol–water partition coefficient (Wildman–Crippen LogP) is 3.72. The molecule has 0 unspecified atom stereocenters. The molecule has 0 aliphatic carbocycles. The number of hydrogen-bond donors (Lipinski definition) is 1. The maximum atomic E-state index is 12.9. The van der Waals surface area contributed by atoms with Gasteiger partial charge in [0.25, 0.3) is 0 Å². The van der Waals surface area contributed by atoms with E-state index in [-0.39, 0.29) is 29.8 Å². The molecule has 0 radical (unpaired) electrons. The number of nitrogens with zero attached hydrogens (tertiary/aromatic N) is 5. The van der Waals surface area contributed by atoms with Crippen LogP contribution >= 0.6 is 35.3 Å². The lowest BCUT2D eigenvalue weighted by Gasteiger charge is -2.35. The molecule has 158 valence electrons. The minimum Gasteiger partial charge on any atom is -0.439 e. The maximum Gasteiger partial charge on any atom is 0.219 e. The number of aliphatic imine (C=N–C) groups is 1. The Balaban J connectivity index is 0.00000256. The van der Waals surface area contributed by atoms with E-state index in [1.54, 1.807) is 35.7 Å². The number of guanidine groups is 1. The lowest BCUT2D eigenvalue weighted by molar-refractivity contribution is 0.380. The molecule has 1 aromatic carbocycles. The Hall–Kier alpha value is -2.47. The summed E-state index contributed by atoms with van der Waals surface area (Å²) in [6, 6.07) is 9.46. The first kappa shape index (κ1) is 22.2. The van der Waals surface area contributed by atoms with Crippen LogP contribution in [0.15, 0.2) is 59.2 Å². The largest absolute Gasteiger partial charge is 0.439 e. The number of rotatable bonds is 5. The predicted molar refractivity (Wildman–Crippen MR) is 127 cm³/mol. The van der Waals surface area contributed by atoms with Crippen molar-refractivity contribution < 1.29 is 9.13 Å². The molecule has 3 heterocycles. The van der Waals surface area contributed by atoms with E-state index in [0.29, 0.717) is 24.1 Å². The molecular weight excluding hydrogens is 518 g/mol. The van der Waals surface area contributed by atoms with Crippen molar-refractivity contribution in [3.63, 3.8) is 0 Å². The Morgan fingerprint density at radius 1 is 1.10 bits per heavy atom. The zero-order valence-electron chi connectivity index (χ0n) is 16.1. The molecule has 4 rings (SSSR count). The molecule has 30 heavy (non-hydrogen) atoms. The van der Waals surface area contributed by atoms with Gasteiger partial charge in [0.2, 0.25) is 5.88 Å². The molecule has 2 N–H and O–H groups in total. The number of anilines is 1. The fraction of sp³-hybridized carbons (Fsp3) is 0.250. The van der Waals surface area contributed by atoms with Crippen LogP contribution in [0, 0.1) is 5.82 Å². The van der Waals surface area contributed by atoms with Gasteiger partial charge in [-0.2, -0.15) is 0 Å². The Labute approximate surface area is 195 Å². The van der Waals surface area contributed by atoms with Crippen molar-refractivity contribution in [2.24, 2.45) is 10.7 Å². The highest BCUT2D eigenvalue weighted by Crippen LogP contribution is 2.20. The van der Waals surface area contributed by atoms with Gasteiger partial charge in [0.1, 0.15) is 11.6 Å². The fourth-order valence-corrected chi connectivity index (χ4v) is 3.66. The summed E-state index contributed by atoms with van der Waals surface area (Å²) >= 11 is 1.65. The number of piperazine rings is 1. The number of benzene rings is 1. The van der Waals surface area contributed by atoms with E-state index in [4.69, 9.17) is 10.5 Å². The highest BCUT2D eigenvalue weighted by molar-refractivity contribution is 14.0. The van der Waals surface area contributed by atoms with Crippen molar-refractivity contribution in [2.45, 2.75) is 6.54 Å². The lowest BCUT2D eigenvalue weighted by Crippen LogP contribution is -2.51. The highest BCUT2D eigenvalue weighted by Gasteiger charge is 2.19. The molecule has 10 heteroatoms. The highest BCUT2D eigenvalue weighted by atomic mass is 127. The molecule has 0 spiro atoms. The molecule has 1 fully saturated rings. The number of hydrogen-bond acceptors (Lipinski definition) is 6. The summed E-state index contributed by atoms with van der Waals surface area (Å²) < 4.78 is 18.5. The minimum atomic E-state index is -0.305. The zero-order valence-corrected chi connectivity index (χ0v) is 19.3. The molecule has 7 nitrogen and oxygen atoms in total. The first-order valence-corrected chi connectivity index (χ1v) is 10.1. The average Bonchev–Trinajstić information content (AvgIpc) is 3.30. The Kier molecular flexibility index (Phi) is 7.80. The van der Waals surface area contributed by atoms with Gasteiger partial charge in [0.15, 0.2) is 11.1 Å². The number of halogens is 2. The number of nitrogens with two attached hydrogens (primary N) is 1. The summed E-state index contributed by atoms with van der Waals surface area (Å²) in [6.07, 6.45) is 3.53. The first-order valence-electron chi connectivity index (χ1n) is 9.25. The van der Waals surface area contributed by atoms with E-state index < -0.39 is 0 Å². The van der Waals surface area contributed by atoms with Crippen LogP contribution in [0.25, 0.3) is 0 Å². The van der Waals surface area contributed by atoms with Gasteiger partial charge >= 0.3 is 0 Å². The summed E-state index contributed by atoms with van der Waals surface area (Å²) in [6.45, 7) is 3.83. The van der Waals surface area contributed by atoms with Crippen LogP contribution in [0.1, 0.15) is 5.56 Å². The van der Waals surface area contributed by atoms with Gasteiger partial charge in [-0.15, -0.1) is 35.3 Å². The van der Waals surface area contributed by atoms with E-state index >= 15 is 0 Å². The van der Waals surface area contributed by atoms with Gasteiger partial charge in [-0.1, -0.05) is 6.07 Å². The molecule has 0 atom stereocenters. The number of thiazole rings is 1. The summed E-state index contributed by atoms with van der Waals surface area (Å²) in [7, 11) is 0. The molecular formula is C20H22FIN6OS. The van der Waals surface area contributed by atoms with Crippen LogP contribution < -0.4 is 15.4 Å². The van der Waals surface area contributed by atoms with Crippen LogP contribution in [0.5, 0.6) is 11.6 Å². The normalized spacial score (nSPS) is 14.4. The molecule has 3 aromatic rings. The maximum absolute atomic E-state index is 12.9. The lowest BCUT2D eigenvalue weighted by atomic mass is 10.3. The third kappa shape index (κ3) is 5.79. The first-order chi connectivity index (χ1) is 14.2. The van der Waals surface area contributed by atoms with E-state index in [9.17, 15) is 4.39 Å². The monoisotopic (exact) mass is 540 g/mol. The van der Waals surface area contributed by atoms with E-state index in [2.05, 4.69) is 24.8 Å². The van der Waals surface area contributed by atoms with Crippen molar-refractivity contribution in [1.82, 2.24) is 14.9 Å². The van der Waals surface area contributed by atoms with Gasteiger partial charge in [0, 0.05) is 50.0 Å². The third-order valence-corrected chi connectivity index (χ3v) is 5.38. The standard InChI is InChI=1S/C20H21FN6OS.HI/c21-16-2-4-17(5-3-16)28-18-6-1-15(13-24-18)14-25-19(22)26-8-10-27(11-9-26)20-23-7-12-29-20;/h1-7,12-13H,8-11,14H2,(H2,22,25);1H. The summed E-state index contributed by atoms with van der Waals surface area (Å²) in [5.74, 6) is 1.21. The van der Waals surface area contributed by atoms with Crippen LogP contribution in [0.2, 0.25) is 0 Å². The summed E-state index contributed by atoms with van der Waals surface area (Å²) in [4.78, 5) is 17.5. The molecule has 0 saturated carbocycles. The molecule has 1 aliphatic rings. The van der Waals surface area contributed by atoms with Gasteiger partial charge < -0.3 is 20.3 Å². The van der Waals surface area contributed by atoms with Crippen molar-refractivity contribution in [3.05, 3.63) is 65.6 Å². The van der Waals surface area contributed by atoms with Gasteiger partial charge in [-0.25, -0.2) is 19.4 Å². The van der Waals surface area contributed by atoms with Crippen molar-refractivity contribution in [1.29, 1.82) is 0 Å². The van der Waals surface area contributed by atoms with Crippen LogP contribution in [-0.2, 0) is 6.54 Å². The second kappa shape index (κ2) is 10.5. The van der Waals surface area contributed by atoms with Crippen LogP contribution in [-0.4, -0.2) is 47.0 Å². The topological polar surface area (TPSA) is 79.9 Å². The molecule has 2 aromatic heterocycles. The van der Waals surface area contributed by atoms with E-state index in [1.165, 1.54) is 12.1 Å². The van der Waals surface area contributed by atoms with Gasteiger partial charge in [-0.3, -0.25) is 0 Å². The molecule has 1 saturated heterocycles. The van der Waals surface area contributed by atoms with Crippen LogP contribution in [0.3, 0.4) is 0 Å². The molecule has 0 amide bonds. The number of ether oxygens (including phenoxy) is 1. The smallest absolute Gasteiger partial charge is 0.219 e. The molecule has 1 aliphatic heterocycles. The summed E-state index contributed by atoms with van der Waals surface area (Å²) in [5.41, 5.74) is 7.10. The quantitative estimate of drug-likeness (QED) is 0.302. The van der Waals surface area contributed by atoms with Crippen molar-refractivity contribution in [3.8, 4) is 11.6 Å². The fourth-order valence-electron chi connectivity index (χ4n) is 2.96. The minimum absolute atomic E-state index is 0. The van der Waals surface area contributed by atoms with E-state index in [0.717, 1.165) is 36.9 Å². The Bertz CT molecular complexity index is 944. The van der Waals surface area contributed by atoms with E-state index in [1.807, 2.05) is 17.6 Å². The van der Waals surface area contributed by atoms with Crippen LogP contribution in [0.4, 0.5) is 9.52 Å². The van der Waals surface area contributed by atoms with Gasteiger partial charge in [-0.05, 0) is 29.8 Å². The Morgan fingerprint density at radius 2 is 1.87 bits per heavy atom. The molecule has 0 bridgehead atoms. The van der Waals surface area contributed by atoms with Crippen molar-refractivity contribution >= 4 is 46.4 Å². The van der Waals surface area contributed by atoms with Gasteiger partial charge in [0.05, 0.1) is 6.54 Å². The number of pyridine rings is 1. The van der Waals surface area contributed by atoms with Crippen molar-refractivity contribution in [2.75, 3.05) is 31.1 Å². The zero-order chi connectivity index (χ0) is 20.1. The third-order valence-electron chi connectivity index (χ3n) is 4.55. The summed E-state index contributed by atoms with van der Waals surface area (Å²) in [5, 5.41) is 3.04. The average molecular weight is 540 g/mol. The second-order valence-electron chi connectivity index (χ2n) is 6.52.